The minimum absolute atomic E-state index is 0.782. The zero-order valence-corrected chi connectivity index (χ0v) is 12.3. The first-order chi connectivity index (χ1) is 9.74. The fourth-order valence-corrected chi connectivity index (χ4v) is 2.58. The van der Waals surface area contributed by atoms with Crippen LogP contribution < -0.4 is 5.32 Å². The second-order valence-electron chi connectivity index (χ2n) is 5.72. The molecule has 1 N–H and O–H groups in total. The van der Waals surface area contributed by atoms with Crippen molar-refractivity contribution in [3.05, 3.63) is 41.4 Å². The molecule has 0 spiro atoms. The van der Waals surface area contributed by atoms with Gasteiger partial charge in [0.2, 0.25) is 0 Å². The molecule has 1 aliphatic carbocycles. The van der Waals surface area contributed by atoms with Gasteiger partial charge in [0.1, 0.15) is 0 Å². The van der Waals surface area contributed by atoms with Crippen molar-refractivity contribution in [1.82, 2.24) is 10.3 Å². The van der Waals surface area contributed by atoms with E-state index in [1.165, 1.54) is 29.5 Å². The Morgan fingerprint density at radius 3 is 2.70 bits per heavy atom. The fraction of sp³-hybridized carbons (Fsp3) is 0.471. The van der Waals surface area contributed by atoms with E-state index >= 15 is 0 Å². The van der Waals surface area contributed by atoms with E-state index < -0.39 is 0 Å². The van der Waals surface area contributed by atoms with Gasteiger partial charge in [0.05, 0.1) is 6.20 Å². The molecule has 0 unspecified atom stereocenters. The van der Waals surface area contributed by atoms with E-state index in [0.717, 1.165) is 37.1 Å². The van der Waals surface area contributed by atoms with Crippen LogP contribution in [0.25, 0.3) is 11.3 Å². The number of rotatable bonds is 6. The van der Waals surface area contributed by atoms with E-state index in [2.05, 4.69) is 42.3 Å². The van der Waals surface area contributed by atoms with Gasteiger partial charge in [-0.05, 0) is 50.8 Å². The molecular weight excluding hydrogens is 248 g/mol. The predicted octanol–water partition coefficient (Wildman–Crippen LogP) is 3.64. The fourth-order valence-electron chi connectivity index (χ4n) is 2.58. The van der Waals surface area contributed by atoms with Crippen LogP contribution in [-0.4, -0.2) is 17.6 Å². The monoisotopic (exact) mass is 270 g/mol. The Morgan fingerprint density at radius 2 is 2.00 bits per heavy atom. The van der Waals surface area contributed by atoms with Crippen LogP contribution in [0, 0.1) is 13.8 Å². The van der Waals surface area contributed by atoms with Crippen LogP contribution in [0.3, 0.4) is 0 Å². The molecule has 1 saturated carbocycles. The smallest absolute Gasteiger partial charge is 0.194 e. The second kappa shape index (κ2) is 5.80. The van der Waals surface area contributed by atoms with E-state index in [4.69, 9.17) is 4.42 Å². The van der Waals surface area contributed by atoms with Crippen LogP contribution in [0.4, 0.5) is 0 Å². The van der Waals surface area contributed by atoms with Gasteiger partial charge in [-0.2, -0.15) is 0 Å². The molecule has 0 aliphatic heterocycles. The molecule has 20 heavy (non-hydrogen) atoms. The lowest BCUT2D eigenvalue weighted by molar-refractivity contribution is 0.491. The highest BCUT2D eigenvalue weighted by molar-refractivity contribution is 5.65. The Labute approximate surface area is 120 Å². The lowest BCUT2D eigenvalue weighted by Crippen LogP contribution is -2.17. The first kappa shape index (κ1) is 13.4. The topological polar surface area (TPSA) is 38.1 Å². The molecule has 2 aromatic rings. The number of hydrogen-bond acceptors (Lipinski definition) is 3. The van der Waals surface area contributed by atoms with E-state index in [9.17, 15) is 0 Å². The molecule has 0 amide bonds. The standard InChI is InChI=1S/C17H22N2O/c1-12-5-3-6-13(2)17(12)15-11-19-16(20-15)7-4-10-18-14-8-9-14/h3,5-6,11,14,18H,4,7-10H2,1-2H3. The molecule has 3 rings (SSSR count). The van der Waals surface area contributed by atoms with Gasteiger partial charge in [-0.1, -0.05) is 18.2 Å². The largest absolute Gasteiger partial charge is 0.441 e. The van der Waals surface area contributed by atoms with Crippen molar-refractivity contribution in [2.45, 2.75) is 45.6 Å². The summed E-state index contributed by atoms with van der Waals surface area (Å²) in [5.74, 6) is 1.74. The van der Waals surface area contributed by atoms with Gasteiger partial charge in [-0.25, -0.2) is 4.98 Å². The third-order valence-corrected chi connectivity index (χ3v) is 3.86. The summed E-state index contributed by atoms with van der Waals surface area (Å²) >= 11 is 0. The number of nitrogens with zero attached hydrogens (tertiary/aromatic N) is 1. The average molecular weight is 270 g/mol. The van der Waals surface area contributed by atoms with Crippen LogP contribution in [0.2, 0.25) is 0 Å². The van der Waals surface area contributed by atoms with E-state index in [1.54, 1.807) is 0 Å². The Hall–Kier alpha value is -1.61. The summed E-state index contributed by atoms with van der Waals surface area (Å²) in [5.41, 5.74) is 3.66. The highest BCUT2D eigenvalue weighted by Gasteiger charge is 2.19. The molecule has 1 fully saturated rings. The predicted molar refractivity (Wildman–Crippen MR) is 80.8 cm³/mol. The third kappa shape index (κ3) is 3.10. The minimum atomic E-state index is 0.782. The molecule has 0 radical (unpaired) electrons. The van der Waals surface area contributed by atoms with Crippen molar-refractivity contribution in [1.29, 1.82) is 0 Å². The molecule has 0 bridgehead atoms. The van der Waals surface area contributed by atoms with E-state index in [1.807, 2.05) is 6.20 Å². The van der Waals surface area contributed by atoms with Crippen molar-refractivity contribution in [3.8, 4) is 11.3 Å². The first-order valence-electron chi connectivity index (χ1n) is 7.49. The number of hydrogen-bond donors (Lipinski definition) is 1. The van der Waals surface area contributed by atoms with Gasteiger partial charge in [-0.15, -0.1) is 0 Å². The van der Waals surface area contributed by atoms with Crippen LogP contribution in [0.15, 0.2) is 28.8 Å². The number of aryl methyl sites for hydroxylation is 3. The highest BCUT2D eigenvalue weighted by atomic mass is 16.4. The van der Waals surface area contributed by atoms with Crippen molar-refractivity contribution in [3.63, 3.8) is 0 Å². The molecule has 0 atom stereocenters. The Morgan fingerprint density at radius 1 is 1.25 bits per heavy atom. The highest BCUT2D eigenvalue weighted by Crippen LogP contribution is 2.27. The van der Waals surface area contributed by atoms with E-state index in [0.29, 0.717) is 0 Å². The van der Waals surface area contributed by atoms with Crippen LogP contribution in [0.5, 0.6) is 0 Å². The Kier molecular flexibility index (Phi) is 3.88. The lowest BCUT2D eigenvalue weighted by atomic mass is 10.0. The summed E-state index contributed by atoms with van der Waals surface area (Å²) in [4.78, 5) is 4.41. The number of oxazole rings is 1. The summed E-state index contributed by atoms with van der Waals surface area (Å²) in [6.07, 6.45) is 6.54. The van der Waals surface area contributed by atoms with Gasteiger partial charge in [0.15, 0.2) is 11.7 Å². The molecule has 1 heterocycles. The maximum atomic E-state index is 5.92. The molecule has 1 aliphatic rings. The number of nitrogens with one attached hydrogen (secondary N) is 1. The molecule has 0 saturated heterocycles. The van der Waals surface area contributed by atoms with Crippen LogP contribution >= 0.6 is 0 Å². The molecule has 106 valence electrons. The quantitative estimate of drug-likeness (QED) is 0.814. The van der Waals surface area contributed by atoms with Gasteiger partial charge >= 0.3 is 0 Å². The SMILES string of the molecule is Cc1cccc(C)c1-c1cnc(CCCNC2CC2)o1. The van der Waals surface area contributed by atoms with Gasteiger partial charge < -0.3 is 9.73 Å². The third-order valence-electron chi connectivity index (χ3n) is 3.86. The summed E-state index contributed by atoms with van der Waals surface area (Å²) < 4.78 is 5.92. The van der Waals surface area contributed by atoms with Gasteiger partial charge in [0.25, 0.3) is 0 Å². The maximum absolute atomic E-state index is 5.92. The molecule has 1 aromatic heterocycles. The summed E-state index contributed by atoms with van der Waals surface area (Å²) in [7, 11) is 0. The molecule has 1 aromatic carbocycles. The number of benzene rings is 1. The zero-order chi connectivity index (χ0) is 13.9. The van der Waals surface area contributed by atoms with E-state index in [-0.39, 0.29) is 0 Å². The van der Waals surface area contributed by atoms with Gasteiger partial charge in [0, 0.05) is 18.0 Å². The van der Waals surface area contributed by atoms with Crippen molar-refractivity contribution in [2.24, 2.45) is 0 Å². The lowest BCUT2D eigenvalue weighted by Gasteiger charge is -2.05. The molecular formula is C17H22N2O. The van der Waals surface area contributed by atoms with Crippen molar-refractivity contribution < 1.29 is 4.42 Å². The Bertz CT molecular complexity index is 564. The second-order valence-corrected chi connectivity index (χ2v) is 5.72. The average Bonchev–Trinajstić information content (AvgIpc) is 3.13. The number of aromatic nitrogens is 1. The zero-order valence-electron chi connectivity index (χ0n) is 12.3. The summed E-state index contributed by atoms with van der Waals surface area (Å²) in [6.45, 7) is 5.29. The maximum Gasteiger partial charge on any atom is 0.194 e. The normalized spacial score (nSPS) is 14.7. The molecule has 3 nitrogen and oxygen atoms in total. The summed E-state index contributed by atoms with van der Waals surface area (Å²) in [5, 5.41) is 3.51. The van der Waals surface area contributed by atoms with Crippen molar-refractivity contribution in [2.75, 3.05) is 6.54 Å². The first-order valence-corrected chi connectivity index (χ1v) is 7.49. The minimum Gasteiger partial charge on any atom is -0.441 e. The van der Waals surface area contributed by atoms with Gasteiger partial charge in [-0.3, -0.25) is 0 Å². The summed E-state index contributed by atoms with van der Waals surface area (Å²) in [6, 6.07) is 7.09. The van der Waals surface area contributed by atoms with Crippen LogP contribution in [-0.2, 0) is 6.42 Å². The van der Waals surface area contributed by atoms with Crippen LogP contribution in [0.1, 0.15) is 36.3 Å². The molecule has 3 heteroatoms. The van der Waals surface area contributed by atoms with Crippen molar-refractivity contribution >= 4 is 0 Å². The Balaban J connectivity index is 1.63.